The number of hydrogen-bond donors (Lipinski definition) is 0. The first kappa shape index (κ1) is 14.9. The molecule has 0 bridgehead atoms. The van der Waals surface area contributed by atoms with E-state index in [1.165, 1.54) is 6.07 Å². The van der Waals surface area contributed by atoms with Crippen molar-refractivity contribution in [3.8, 4) is 0 Å². The minimum absolute atomic E-state index is 0.235. The molecule has 0 aliphatic heterocycles. The summed E-state index contributed by atoms with van der Waals surface area (Å²) < 4.78 is 19.5. The molecule has 1 nitrogen and oxygen atoms in total. The van der Waals surface area contributed by atoms with Crippen molar-refractivity contribution in [1.82, 2.24) is 0 Å². The van der Waals surface area contributed by atoms with Gasteiger partial charge in [-0.3, -0.25) is 0 Å². The van der Waals surface area contributed by atoms with Crippen LogP contribution in [0, 0.1) is 5.82 Å². The van der Waals surface area contributed by atoms with Gasteiger partial charge in [0.25, 0.3) is 0 Å². The summed E-state index contributed by atoms with van der Waals surface area (Å²) in [7, 11) is -0.386. The number of halogens is 2. The molecule has 0 atom stereocenters. The Labute approximate surface area is 113 Å². The minimum atomic E-state index is -0.386. The lowest BCUT2D eigenvalue weighted by atomic mass is 10.2. The van der Waals surface area contributed by atoms with Gasteiger partial charge in [-0.2, -0.15) is 0 Å². The molecule has 0 saturated carbocycles. The molecule has 1 radical (unpaired) electrons. The maximum atomic E-state index is 13.3. The summed E-state index contributed by atoms with van der Waals surface area (Å²) in [5.41, 5.74) is 0.877. The number of ether oxygens (including phenoxy) is 1. The highest BCUT2D eigenvalue weighted by Crippen LogP contribution is 2.28. The number of rotatable bonds is 5. The summed E-state index contributed by atoms with van der Waals surface area (Å²) in [5.74, 6) is -0.235. The van der Waals surface area contributed by atoms with Crippen LogP contribution in [0.15, 0.2) is 22.7 Å². The van der Waals surface area contributed by atoms with Crippen LogP contribution in [0.4, 0.5) is 4.39 Å². The third-order valence-electron chi connectivity index (χ3n) is 3.07. The van der Waals surface area contributed by atoms with Gasteiger partial charge in [-0.25, -0.2) is 4.39 Å². The fourth-order valence-electron chi connectivity index (χ4n) is 1.20. The van der Waals surface area contributed by atoms with E-state index in [1.807, 2.05) is 6.07 Å². The molecule has 0 N–H and O–H groups in total. The fourth-order valence-corrected chi connectivity index (χ4v) is 1.84. The first-order valence-corrected chi connectivity index (χ1v) is 8.94. The summed E-state index contributed by atoms with van der Waals surface area (Å²) in [5, 5.41) is 0.249. The third-order valence-corrected chi connectivity index (χ3v) is 6.56. The molecule has 1 aromatic carbocycles. The van der Waals surface area contributed by atoms with Crippen LogP contribution in [0.1, 0.15) is 19.4 Å². The molecule has 1 rings (SSSR count). The maximum Gasteiger partial charge on any atom is 0.137 e. The average Bonchev–Trinajstić information content (AvgIpc) is 2.23. The van der Waals surface area contributed by atoms with Crippen LogP contribution in [0.5, 0.6) is 0 Å². The van der Waals surface area contributed by atoms with Gasteiger partial charge in [0.2, 0.25) is 0 Å². The topological polar surface area (TPSA) is 9.23 Å². The summed E-state index contributed by atoms with van der Waals surface area (Å²) in [6, 6.07) is 5.11. The summed E-state index contributed by atoms with van der Waals surface area (Å²) in [4.78, 5) is 0. The molecule has 0 amide bonds. The largest absolute Gasteiger partial charge is 0.377 e. The lowest BCUT2D eigenvalue weighted by Gasteiger charge is -2.27. The minimum Gasteiger partial charge on any atom is -0.377 e. The summed E-state index contributed by atoms with van der Waals surface area (Å²) >= 11 is 3.14. The Morgan fingerprint density at radius 3 is 2.53 bits per heavy atom. The van der Waals surface area contributed by atoms with Crippen LogP contribution >= 0.6 is 15.9 Å². The zero-order valence-corrected chi connectivity index (χ0v) is 13.4. The lowest BCUT2D eigenvalue weighted by molar-refractivity contribution is 0.100. The highest BCUT2D eigenvalue weighted by Gasteiger charge is 2.23. The molecule has 95 valence electrons. The maximum absolute atomic E-state index is 13.3. The molecule has 0 heterocycles. The standard InChI is InChI=1S/C13H19BrFOSi/c1-13(2,17(3)4)9-16-8-10-5-6-11(14)12(15)7-10/h5-7H,8-9H2,1-4H3. The van der Waals surface area contributed by atoms with Crippen molar-refractivity contribution in [1.29, 1.82) is 0 Å². The van der Waals surface area contributed by atoms with Crippen molar-refractivity contribution in [3.05, 3.63) is 34.1 Å². The zero-order valence-electron chi connectivity index (χ0n) is 10.8. The van der Waals surface area contributed by atoms with Crippen LogP contribution in [0.25, 0.3) is 0 Å². The second-order valence-corrected chi connectivity index (χ2v) is 9.33. The van der Waals surface area contributed by atoms with E-state index in [0.717, 1.165) is 12.2 Å². The van der Waals surface area contributed by atoms with E-state index in [4.69, 9.17) is 4.74 Å². The second-order valence-electron chi connectivity index (χ2n) is 5.13. The van der Waals surface area contributed by atoms with Gasteiger partial charge in [-0.05, 0) is 38.7 Å². The third kappa shape index (κ3) is 4.52. The molecule has 0 aliphatic carbocycles. The second kappa shape index (κ2) is 6.11. The molecule has 0 fully saturated rings. The van der Waals surface area contributed by atoms with Gasteiger partial charge in [0.1, 0.15) is 5.82 Å². The van der Waals surface area contributed by atoms with E-state index in [-0.39, 0.29) is 19.7 Å². The zero-order chi connectivity index (χ0) is 13.1. The Kier molecular flexibility index (Phi) is 5.35. The molecule has 1 aromatic rings. The molecule has 0 aromatic heterocycles. The van der Waals surface area contributed by atoms with Gasteiger partial charge < -0.3 is 4.74 Å². The Morgan fingerprint density at radius 1 is 1.35 bits per heavy atom. The van der Waals surface area contributed by atoms with E-state index >= 15 is 0 Å². The molecule has 0 aliphatic rings. The number of benzene rings is 1. The van der Waals surface area contributed by atoms with Crippen molar-refractivity contribution in [2.45, 2.75) is 38.6 Å². The van der Waals surface area contributed by atoms with Gasteiger partial charge >= 0.3 is 0 Å². The van der Waals surface area contributed by atoms with Gasteiger partial charge in [0.15, 0.2) is 0 Å². The van der Waals surface area contributed by atoms with Crippen molar-refractivity contribution >= 4 is 24.7 Å². The molecule has 0 spiro atoms. The smallest absolute Gasteiger partial charge is 0.137 e. The van der Waals surface area contributed by atoms with Gasteiger partial charge in [0.05, 0.1) is 19.9 Å². The van der Waals surface area contributed by atoms with Gasteiger partial charge in [-0.1, -0.05) is 33.0 Å². The van der Waals surface area contributed by atoms with Crippen molar-refractivity contribution in [2.75, 3.05) is 6.61 Å². The first-order valence-electron chi connectivity index (χ1n) is 5.65. The average molecular weight is 318 g/mol. The van der Waals surface area contributed by atoms with Crippen LogP contribution < -0.4 is 0 Å². The summed E-state index contributed by atoms with van der Waals surface area (Å²) in [6.07, 6.45) is 0. The van der Waals surface area contributed by atoms with E-state index in [1.54, 1.807) is 6.07 Å². The molecular formula is C13H19BrFOSi. The normalized spacial score (nSPS) is 12.2. The molecule has 0 saturated heterocycles. The molecule has 4 heteroatoms. The highest BCUT2D eigenvalue weighted by atomic mass is 79.9. The van der Waals surface area contributed by atoms with Crippen molar-refractivity contribution < 1.29 is 9.13 Å². The Bertz CT molecular complexity index is 380. The molecular weight excluding hydrogens is 299 g/mol. The Hall–Kier alpha value is -0.193. The van der Waals surface area contributed by atoms with E-state index in [9.17, 15) is 4.39 Å². The molecule has 17 heavy (non-hydrogen) atoms. The van der Waals surface area contributed by atoms with E-state index in [0.29, 0.717) is 11.1 Å². The monoisotopic (exact) mass is 317 g/mol. The van der Waals surface area contributed by atoms with Gasteiger partial charge in [-0.15, -0.1) is 0 Å². The van der Waals surface area contributed by atoms with E-state index < -0.39 is 0 Å². The highest BCUT2D eigenvalue weighted by molar-refractivity contribution is 9.10. The van der Waals surface area contributed by atoms with Crippen LogP contribution in [-0.2, 0) is 11.3 Å². The van der Waals surface area contributed by atoms with E-state index in [2.05, 4.69) is 42.9 Å². The quantitative estimate of drug-likeness (QED) is 0.719. The predicted octanol–water partition coefficient (Wildman–Crippen LogP) is 4.64. The molecule has 0 unspecified atom stereocenters. The fraction of sp³-hybridized carbons (Fsp3) is 0.538. The Morgan fingerprint density at radius 2 is 2.00 bits per heavy atom. The lowest BCUT2D eigenvalue weighted by Crippen LogP contribution is -2.26. The van der Waals surface area contributed by atoms with Crippen LogP contribution in [0.2, 0.25) is 18.1 Å². The van der Waals surface area contributed by atoms with Crippen molar-refractivity contribution in [2.24, 2.45) is 0 Å². The SMILES string of the molecule is C[Si](C)C(C)(C)COCc1ccc(Br)c(F)c1. The van der Waals surface area contributed by atoms with Crippen LogP contribution in [-0.4, -0.2) is 15.4 Å². The van der Waals surface area contributed by atoms with Gasteiger partial charge in [0, 0.05) is 6.61 Å². The number of hydrogen-bond acceptors (Lipinski definition) is 1. The Balaban J connectivity index is 2.49. The van der Waals surface area contributed by atoms with Crippen LogP contribution in [0.3, 0.4) is 0 Å². The summed E-state index contributed by atoms with van der Waals surface area (Å²) in [6.45, 7) is 10.2. The van der Waals surface area contributed by atoms with Crippen molar-refractivity contribution in [3.63, 3.8) is 0 Å². The predicted molar refractivity (Wildman–Crippen MR) is 75.3 cm³/mol. The first-order chi connectivity index (χ1) is 7.83.